The highest BCUT2D eigenvalue weighted by Crippen LogP contribution is 2.42. The molecule has 0 saturated carbocycles. The molecule has 1 heterocycles. The van der Waals surface area contributed by atoms with Crippen LogP contribution in [0.2, 0.25) is 0 Å². The molecular formula is C20H17F2NO3S. The van der Waals surface area contributed by atoms with Gasteiger partial charge in [0.25, 0.3) is 0 Å². The summed E-state index contributed by atoms with van der Waals surface area (Å²) in [6.45, 7) is -0.909. The summed E-state index contributed by atoms with van der Waals surface area (Å²) in [6.07, 6.45) is 3.85. The minimum atomic E-state index is -2.87. The lowest BCUT2D eigenvalue weighted by Gasteiger charge is -2.19. The van der Waals surface area contributed by atoms with Gasteiger partial charge in [-0.1, -0.05) is 13.0 Å². The van der Waals surface area contributed by atoms with Crippen molar-refractivity contribution in [2.75, 3.05) is 0 Å². The lowest BCUT2D eigenvalue weighted by Crippen LogP contribution is -2.30. The van der Waals surface area contributed by atoms with Crippen molar-refractivity contribution >= 4 is 22.9 Å². The standard InChI is InChI=1S/C20H17F2NO3S/c1-2-14-16(15-17(24)11-3-4-12(9-11)18(15)25)23-19(27-14)10-5-7-13(8-6-10)26-20(21)22/h5-9,11,15,20H,2-4H2,1H3/t11-,15?/m0/s1. The second-order valence-electron chi connectivity index (χ2n) is 6.62. The molecule has 4 nitrogen and oxygen atoms in total. The van der Waals surface area contributed by atoms with Gasteiger partial charge in [-0.05, 0) is 49.1 Å². The number of Topliss-reactive ketones (excluding diaryl/α,β-unsaturated/α-hetero) is 2. The highest BCUT2D eigenvalue weighted by Gasteiger charge is 2.44. The molecule has 140 valence electrons. The zero-order valence-electron chi connectivity index (χ0n) is 14.6. The quantitative estimate of drug-likeness (QED) is 0.704. The van der Waals surface area contributed by atoms with Gasteiger partial charge in [-0.25, -0.2) is 4.98 Å². The largest absolute Gasteiger partial charge is 0.435 e. The van der Waals surface area contributed by atoms with Crippen LogP contribution < -0.4 is 4.74 Å². The Morgan fingerprint density at radius 2 is 2.00 bits per heavy atom. The highest BCUT2D eigenvalue weighted by molar-refractivity contribution is 7.15. The van der Waals surface area contributed by atoms with E-state index in [4.69, 9.17) is 0 Å². The summed E-state index contributed by atoms with van der Waals surface area (Å²) in [5, 5.41) is 0.665. The third-order valence-electron chi connectivity index (χ3n) is 5.00. The average Bonchev–Trinajstić information content (AvgIpc) is 3.27. The molecule has 0 radical (unpaired) electrons. The van der Waals surface area contributed by atoms with Crippen LogP contribution in [-0.2, 0) is 16.0 Å². The summed E-state index contributed by atoms with van der Waals surface area (Å²) in [6, 6.07) is 6.21. The minimum Gasteiger partial charge on any atom is -0.435 e. The van der Waals surface area contributed by atoms with Crippen molar-refractivity contribution in [1.82, 2.24) is 4.98 Å². The fourth-order valence-corrected chi connectivity index (χ4v) is 4.73. The van der Waals surface area contributed by atoms with E-state index in [0.717, 1.165) is 16.0 Å². The number of thiazole rings is 1. The molecule has 0 fully saturated rings. The first-order chi connectivity index (χ1) is 13.0. The number of hydrogen-bond acceptors (Lipinski definition) is 5. The molecule has 2 aromatic rings. The molecule has 27 heavy (non-hydrogen) atoms. The van der Waals surface area contributed by atoms with E-state index in [-0.39, 0.29) is 23.2 Å². The van der Waals surface area contributed by atoms with Crippen molar-refractivity contribution < 1.29 is 23.1 Å². The molecule has 0 N–H and O–H groups in total. The van der Waals surface area contributed by atoms with Crippen molar-refractivity contribution in [1.29, 1.82) is 0 Å². The van der Waals surface area contributed by atoms with Crippen molar-refractivity contribution in [2.45, 2.75) is 38.7 Å². The van der Waals surface area contributed by atoms with Gasteiger partial charge in [0.15, 0.2) is 11.6 Å². The first-order valence-electron chi connectivity index (χ1n) is 8.81. The lowest BCUT2D eigenvalue weighted by atomic mass is 9.82. The van der Waals surface area contributed by atoms with Gasteiger partial charge in [0.05, 0.1) is 5.69 Å². The molecular weight excluding hydrogens is 372 g/mol. The fourth-order valence-electron chi connectivity index (χ4n) is 3.68. The van der Waals surface area contributed by atoms with Crippen LogP contribution in [0.1, 0.15) is 36.3 Å². The number of alkyl halides is 2. The number of rotatable bonds is 5. The Bertz CT molecular complexity index is 933. The van der Waals surface area contributed by atoms with Crippen LogP contribution >= 0.6 is 11.3 Å². The monoisotopic (exact) mass is 389 g/mol. The van der Waals surface area contributed by atoms with Gasteiger partial charge in [0, 0.05) is 16.4 Å². The van der Waals surface area contributed by atoms with Gasteiger partial charge >= 0.3 is 6.61 Å². The van der Waals surface area contributed by atoms with Crippen molar-refractivity contribution in [2.24, 2.45) is 5.92 Å². The number of carbonyl (C=O) groups excluding carboxylic acids is 2. The van der Waals surface area contributed by atoms with Crippen LogP contribution in [0.15, 0.2) is 35.9 Å². The van der Waals surface area contributed by atoms with Crippen LogP contribution in [0.4, 0.5) is 8.78 Å². The van der Waals surface area contributed by atoms with Gasteiger partial charge in [-0.3, -0.25) is 9.59 Å². The summed E-state index contributed by atoms with van der Waals surface area (Å²) in [4.78, 5) is 31.0. The van der Waals surface area contributed by atoms with Crippen molar-refractivity contribution in [3.8, 4) is 16.3 Å². The van der Waals surface area contributed by atoms with Gasteiger partial charge < -0.3 is 4.74 Å². The SMILES string of the molecule is CCc1sc(-c2ccc(OC(F)F)cc2)nc1C1C(=O)C2=C[C@H](CC2)C1=O. The molecule has 0 amide bonds. The molecule has 4 rings (SSSR count). The molecule has 1 unspecified atom stereocenters. The summed E-state index contributed by atoms with van der Waals surface area (Å²) in [5.74, 6) is -1.10. The molecule has 2 bridgehead atoms. The maximum absolute atomic E-state index is 12.8. The average molecular weight is 389 g/mol. The first kappa shape index (κ1) is 18.0. The zero-order chi connectivity index (χ0) is 19.1. The number of aryl methyl sites for hydroxylation is 1. The molecule has 2 aliphatic carbocycles. The van der Waals surface area contributed by atoms with Gasteiger partial charge in [0.1, 0.15) is 16.7 Å². The number of allylic oxidation sites excluding steroid dienone is 2. The molecule has 1 aromatic carbocycles. The third-order valence-corrected chi connectivity index (χ3v) is 6.27. The van der Waals surface area contributed by atoms with E-state index >= 15 is 0 Å². The third kappa shape index (κ3) is 3.20. The Hall–Kier alpha value is -2.41. The van der Waals surface area contributed by atoms with Crippen LogP contribution in [0.25, 0.3) is 10.6 Å². The summed E-state index contributed by atoms with van der Waals surface area (Å²) in [5.41, 5.74) is 2.04. The Labute approximate surface area is 158 Å². The van der Waals surface area contributed by atoms with Gasteiger partial charge in [-0.15, -0.1) is 11.3 Å². The smallest absolute Gasteiger partial charge is 0.387 e. The number of carbonyl (C=O) groups is 2. The predicted octanol–water partition coefficient (Wildman–Crippen LogP) is 4.55. The second-order valence-corrected chi connectivity index (χ2v) is 7.70. The molecule has 2 atom stereocenters. The Balaban J connectivity index is 1.68. The Kier molecular flexibility index (Phi) is 4.63. The van der Waals surface area contributed by atoms with Gasteiger partial charge in [-0.2, -0.15) is 8.78 Å². The van der Waals surface area contributed by atoms with E-state index in [9.17, 15) is 18.4 Å². The van der Waals surface area contributed by atoms with E-state index in [1.54, 1.807) is 12.1 Å². The minimum absolute atomic E-state index is 0.0616. The molecule has 7 heteroatoms. The maximum Gasteiger partial charge on any atom is 0.387 e. The lowest BCUT2D eigenvalue weighted by molar-refractivity contribution is -0.129. The summed E-state index contributed by atoms with van der Waals surface area (Å²) in [7, 11) is 0. The number of ether oxygens (including phenoxy) is 1. The van der Waals surface area contributed by atoms with Gasteiger partial charge in [0.2, 0.25) is 0 Å². The predicted molar refractivity (Wildman–Crippen MR) is 97.1 cm³/mol. The van der Waals surface area contributed by atoms with E-state index < -0.39 is 12.5 Å². The normalized spacial score (nSPS) is 21.7. The topological polar surface area (TPSA) is 56.3 Å². The molecule has 0 spiro atoms. The maximum atomic E-state index is 12.8. The second kappa shape index (κ2) is 6.96. The molecule has 2 aliphatic rings. The Morgan fingerprint density at radius 3 is 2.67 bits per heavy atom. The van der Waals surface area contributed by atoms with Crippen molar-refractivity contribution in [3.05, 3.63) is 46.5 Å². The molecule has 0 aliphatic heterocycles. The fraction of sp³-hybridized carbons (Fsp3) is 0.350. The van der Waals surface area contributed by atoms with E-state index in [2.05, 4.69) is 9.72 Å². The number of hydrogen-bond donors (Lipinski definition) is 0. The summed E-state index contributed by atoms with van der Waals surface area (Å²) >= 11 is 1.43. The van der Waals surface area contributed by atoms with E-state index in [1.165, 1.54) is 23.5 Å². The van der Waals surface area contributed by atoms with E-state index in [1.807, 2.05) is 13.0 Å². The number of halogens is 2. The van der Waals surface area contributed by atoms with Crippen molar-refractivity contribution in [3.63, 3.8) is 0 Å². The van der Waals surface area contributed by atoms with Crippen LogP contribution in [0, 0.1) is 5.92 Å². The van der Waals surface area contributed by atoms with E-state index in [0.29, 0.717) is 30.0 Å². The number of benzene rings is 1. The zero-order valence-corrected chi connectivity index (χ0v) is 15.4. The number of nitrogens with zero attached hydrogens (tertiary/aromatic N) is 1. The number of fused-ring (bicyclic) bond motifs is 1. The Morgan fingerprint density at radius 1 is 1.26 bits per heavy atom. The van der Waals surface area contributed by atoms with Crippen LogP contribution in [-0.4, -0.2) is 23.2 Å². The molecule has 0 saturated heterocycles. The number of ketones is 2. The summed E-state index contributed by atoms with van der Waals surface area (Å²) < 4.78 is 28.9. The van der Waals surface area contributed by atoms with Crippen LogP contribution in [0.3, 0.4) is 0 Å². The number of aromatic nitrogens is 1. The highest BCUT2D eigenvalue weighted by atomic mass is 32.1. The molecule has 1 aromatic heterocycles. The van der Waals surface area contributed by atoms with Crippen LogP contribution in [0.5, 0.6) is 5.75 Å². The first-order valence-corrected chi connectivity index (χ1v) is 9.63.